The van der Waals surface area contributed by atoms with Gasteiger partial charge in [0, 0.05) is 11.8 Å². The van der Waals surface area contributed by atoms with E-state index in [9.17, 15) is 9.59 Å². The summed E-state index contributed by atoms with van der Waals surface area (Å²) >= 11 is 0. The monoisotopic (exact) mass is 481 g/mol. The summed E-state index contributed by atoms with van der Waals surface area (Å²) in [6, 6.07) is 24.7. The van der Waals surface area contributed by atoms with Crippen LogP contribution in [0.4, 0.5) is 5.69 Å². The Bertz CT molecular complexity index is 1220. The minimum absolute atomic E-state index is 0.0508. The first kappa shape index (κ1) is 25.4. The maximum Gasteiger partial charge on any atom is 0.328 e. The Balaban J connectivity index is 1.50. The Morgan fingerprint density at radius 1 is 0.917 bits per heavy atom. The average molecular weight is 482 g/mol. The highest BCUT2D eigenvalue weighted by molar-refractivity contribution is 5.96. The summed E-state index contributed by atoms with van der Waals surface area (Å²) in [5.74, 6) is -0.429. The van der Waals surface area contributed by atoms with E-state index in [-0.39, 0.29) is 5.91 Å². The fraction of sp³-hybridized carbons (Fsp3) is 0.312. The number of benzene rings is 3. The van der Waals surface area contributed by atoms with E-state index in [1.165, 1.54) is 28.3 Å². The lowest BCUT2D eigenvalue weighted by molar-refractivity contribution is -0.131. The van der Waals surface area contributed by atoms with Crippen molar-refractivity contribution in [1.82, 2.24) is 0 Å². The molecule has 0 saturated heterocycles. The van der Waals surface area contributed by atoms with Crippen LogP contribution in [-0.4, -0.2) is 17.0 Å². The van der Waals surface area contributed by atoms with Crippen LogP contribution in [0.2, 0.25) is 0 Å². The smallest absolute Gasteiger partial charge is 0.328 e. The summed E-state index contributed by atoms with van der Waals surface area (Å²) < 4.78 is 0. The van der Waals surface area contributed by atoms with E-state index in [0.29, 0.717) is 18.0 Å². The van der Waals surface area contributed by atoms with Crippen molar-refractivity contribution in [1.29, 1.82) is 0 Å². The van der Waals surface area contributed by atoms with Gasteiger partial charge in [-0.25, -0.2) is 4.79 Å². The predicted octanol–water partition coefficient (Wildman–Crippen LogP) is 7.71. The molecule has 2 N–H and O–H groups in total. The lowest BCUT2D eigenvalue weighted by atomic mass is 9.69. The van der Waals surface area contributed by atoms with Gasteiger partial charge in [-0.3, -0.25) is 4.79 Å². The molecule has 0 spiro atoms. The van der Waals surface area contributed by atoms with Crippen molar-refractivity contribution in [2.75, 3.05) is 5.32 Å². The lowest BCUT2D eigenvalue weighted by Gasteiger charge is -2.36. The fourth-order valence-corrected chi connectivity index (χ4v) is 5.13. The van der Waals surface area contributed by atoms with E-state index in [2.05, 4.69) is 67.7 Å². The number of carboxylic acid groups (broad SMARTS) is 1. The highest BCUT2D eigenvalue weighted by Gasteiger charge is 2.39. The number of amides is 1. The summed E-state index contributed by atoms with van der Waals surface area (Å²) in [4.78, 5) is 24.5. The fourth-order valence-electron chi connectivity index (χ4n) is 5.13. The molecule has 4 rings (SSSR count). The van der Waals surface area contributed by atoms with E-state index in [4.69, 9.17) is 5.11 Å². The van der Waals surface area contributed by atoms with Crippen LogP contribution in [-0.2, 0) is 16.0 Å². The van der Waals surface area contributed by atoms with Crippen LogP contribution in [0.5, 0.6) is 0 Å². The molecule has 3 aromatic carbocycles. The minimum atomic E-state index is -0.996. The van der Waals surface area contributed by atoms with Gasteiger partial charge in [0.1, 0.15) is 0 Å². The van der Waals surface area contributed by atoms with Crippen molar-refractivity contribution in [3.63, 3.8) is 0 Å². The number of carbonyl (C=O) groups excluding carboxylic acids is 1. The lowest BCUT2D eigenvalue weighted by Crippen LogP contribution is -2.40. The topological polar surface area (TPSA) is 66.4 Å². The van der Waals surface area contributed by atoms with Crippen molar-refractivity contribution in [2.45, 2.75) is 58.3 Å². The molecule has 0 aliphatic heterocycles. The van der Waals surface area contributed by atoms with Gasteiger partial charge in [0.2, 0.25) is 5.91 Å². The molecule has 4 heteroatoms. The average Bonchev–Trinajstić information content (AvgIpc) is 2.89. The molecular weight excluding hydrogens is 446 g/mol. The van der Waals surface area contributed by atoms with E-state index in [1.54, 1.807) is 0 Å². The molecule has 1 aliphatic rings. The predicted molar refractivity (Wildman–Crippen MR) is 147 cm³/mol. The first-order valence-electron chi connectivity index (χ1n) is 12.9. The van der Waals surface area contributed by atoms with E-state index < -0.39 is 11.4 Å². The Hall–Kier alpha value is -3.66. The zero-order chi connectivity index (χ0) is 25.5. The third kappa shape index (κ3) is 6.31. The van der Waals surface area contributed by atoms with Gasteiger partial charge in [0.25, 0.3) is 0 Å². The first-order valence-corrected chi connectivity index (χ1v) is 12.9. The van der Waals surface area contributed by atoms with Crippen molar-refractivity contribution < 1.29 is 14.7 Å². The van der Waals surface area contributed by atoms with Crippen molar-refractivity contribution in [3.05, 3.63) is 95.6 Å². The Morgan fingerprint density at radius 3 is 2.17 bits per heavy atom. The largest absolute Gasteiger partial charge is 0.478 e. The summed E-state index contributed by atoms with van der Waals surface area (Å²) in [5, 5.41) is 12.0. The molecule has 0 atom stereocenters. The SMILES string of the molecule is CC(C)c1ccc(-c2ccc(CC3(C(=O)Nc4cccc(/C=C/C(=O)O)c4)CCCCC3)cc2)cc1. The third-order valence-corrected chi connectivity index (χ3v) is 7.26. The summed E-state index contributed by atoms with van der Waals surface area (Å²) in [5.41, 5.74) is 5.89. The van der Waals surface area contributed by atoms with Gasteiger partial charge in [0.15, 0.2) is 0 Å². The van der Waals surface area contributed by atoms with Crippen LogP contribution >= 0.6 is 0 Å². The zero-order valence-corrected chi connectivity index (χ0v) is 21.2. The van der Waals surface area contributed by atoms with Gasteiger partial charge in [-0.15, -0.1) is 0 Å². The van der Waals surface area contributed by atoms with Gasteiger partial charge < -0.3 is 10.4 Å². The standard InChI is InChI=1S/C32H35NO3/c1-23(2)26-14-16-28(17-15-26)27-12-9-25(10-13-27)22-32(19-4-3-5-20-32)31(36)33-29-8-6-7-24(21-29)11-18-30(34)35/h6-18,21,23H,3-5,19-20,22H2,1-2H3,(H,33,36)(H,34,35)/b18-11+. The Morgan fingerprint density at radius 2 is 1.56 bits per heavy atom. The van der Waals surface area contributed by atoms with Gasteiger partial charge in [-0.2, -0.15) is 0 Å². The van der Waals surface area contributed by atoms with Crippen molar-refractivity contribution in [3.8, 4) is 11.1 Å². The number of hydrogen-bond acceptors (Lipinski definition) is 2. The molecule has 0 heterocycles. The number of nitrogens with one attached hydrogen (secondary N) is 1. The molecule has 0 aromatic heterocycles. The molecule has 36 heavy (non-hydrogen) atoms. The van der Waals surface area contributed by atoms with Gasteiger partial charge in [0.05, 0.1) is 5.41 Å². The molecule has 0 bridgehead atoms. The molecular formula is C32H35NO3. The highest BCUT2D eigenvalue weighted by atomic mass is 16.4. The third-order valence-electron chi connectivity index (χ3n) is 7.26. The zero-order valence-electron chi connectivity index (χ0n) is 21.2. The number of anilines is 1. The summed E-state index contributed by atoms with van der Waals surface area (Å²) in [6.45, 7) is 4.41. The molecule has 1 aliphatic carbocycles. The van der Waals surface area contributed by atoms with Gasteiger partial charge >= 0.3 is 5.97 Å². The number of aliphatic carboxylic acids is 1. The molecule has 4 nitrogen and oxygen atoms in total. The Labute approximate surface area is 214 Å². The molecule has 1 saturated carbocycles. The quantitative estimate of drug-likeness (QED) is 0.324. The van der Waals surface area contributed by atoms with E-state index >= 15 is 0 Å². The van der Waals surface area contributed by atoms with Crippen LogP contribution in [0.3, 0.4) is 0 Å². The normalized spacial score (nSPS) is 15.2. The Kier molecular flexibility index (Phi) is 8.04. The second-order valence-corrected chi connectivity index (χ2v) is 10.2. The maximum atomic E-state index is 13.6. The summed E-state index contributed by atoms with van der Waals surface area (Å²) in [7, 11) is 0. The maximum absolute atomic E-state index is 13.6. The number of carbonyl (C=O) groups is 2. The number of rotatable bonds is 8. The van der Waals surface area contributed by atoms with Crippen LogP contribution < -0.4 is 5.32 Å². The number of carboxylic acids is 1. The van der Waals surface area contributed by atoms with Gasteiger partial charge in [-0.1, -0.05) is 93.8 Å². The van der Waals surface area contributed by atoms with Crippen molar-refractivity contribution >= 4 is 23.6 Å². The molecule has 0 radical (unpaired) electrons. The van der Waals surface area contributed by atoms with Crippen LogP contribution in [0.25, 0.3) is 17.2 Å². The molecule has 1 fully saturated rings. The van der Waals surface area contributed by atoms with Gasteiger partial charge in [-0.05, 0) is 71.2 Å². The van der Waals surface area contributed by atoms with Crippen LogP contribution in [0.1, 0.15) is 68.6 Å². The molecule has 3 aromatic rings. The first-order chi connectivity index (χ1) is 17.3. The minimum Gasteiger partial charge on any atom is -0.478 e. The highest BCUT2D eigenvalue weighted by Crippen LogP contribution is 2.40. The van der Waals surface area contributed by atoms with E-state index in [0.717, 1.165) is 43.7 Å². The van der Waals surface area contributed by atoms with Crippen LogP contribution in [0, 0.1) is 5.41 Å². The second-order valence-electron chi connectivity index (χ2n) is 10.2. The summed E-state index contributed by atoms with van der Waals surface area (Å²) in [6.07, 6.45) is 8.36. The van der Waals surface area contributed by atoms with Crippen LogP contribution in [0.15, 0.2) is 78.9 Å². The second kappa shape index (κ2) is 11.4. The number of hydrogen-bond donors (Lipinski definition) is 2. The van der Waals surface area contributed by atoms with E-state index in [1.807, 2.05) is 24.3 Å². The molecule has 1 amide bonds. The van der Waals surface area contributed by atoms with Crippen molar-refractivity contribution in [2.24, 2.45) is 5.41 Å². The molecule has 186 valence electrons. The molecule has 0 unspecified atom stereocenters.